The molecule has 1 nitrogen and oxygen atoms in total. The SMILES string of the molecule is CCc1c(C)nc2c(C)c(Cl)ccc2c1Cl. The van der Waals surface area contributed by atoms with E-state index in [0.717, 1.165) is 44.2 Å². The normalized spacial score (nSPS) is 11.1. The zero-order valence-corrected chi connectivity index (χ0v) is 11.1. The highest BCUT2D eigenvalue weighted by molar-refractivity contribution is 6.37. The summed E-state index contributed by atoms with van der Waals surface area (Å²) >= 11 is 12.5. The highest BCUT2D eigenvalue weighted by Crippen LogP contribution is 2.32. The first kappa shape index (κ1) is 11.7. The molecule has 3 heteroatoms. The molecule has 0 spiro atoms. The van der Waals surface area contributed by atoms with Crippen LogP contribution in [0.5, 0.6) is 0 Å². The third-order valence-electron chi connectivity index (χ3n) is 2.94. The van der Waals surface area contributed by atoms with Gasteiger partial charge in [-0.05, 0) is 43.5 Å². The molecule has 0 fully saturated rings. The van der Waals surface area contributed by atoms with Crippen LogP contribution in [0, 0.1) is 13.8 Å². The highest BCUT2D eigenvalue weighted by atomic mass is 35.5. The summed E-state index contributed by atoms with van der Waals surface area (Å²) in [5, 5.41) is 2.54. The minimum absolute atomic E-state index is 0.736. The molecule has 0 aliphatic rings. The standard InChI is InChI=1S/C13H13Cl2N/c1-4-9-8(3)16-13-7(2)11(14)6-5-10(13)12(9)15/h5-6H,4H2,1-3H3. The van der Waals surface area contributed by atoms with Crippen molar-refractivity contribution in [2.24, 2.45) is 0 Å². The lowest BCUT2D eigenvalue weighted by Gasteiger charge is -2.11. The van der Waals surface area contributed by atoms with Crippen LogP contribution in [0.2, 0.25) is 10.0 Å². The van der Waals surface area contributed by atoms with E-state index in [9.17, 15) is 0 Å². The van der Waals surface area contributed by atoms with Gasteiger partial charge in [-0.2, -0.15) is 0 Å². The van der Waals surface area contributed by atoms with Crippen LogP contribution in [-0.4, -0.2) is 4.98 Å². The molecule has 0 radical (unpaired) electrons. The molecule has 0 aliphatic carbocycles. The first-order chi connectivity index (χ1) is 7.56. The molecule has 0 aliphatic heterocycles. The van der Waals surface area contributed by atoms with Gasteiger partial charge in [0.25, 0.3) is 0 Å². The van der Waals surface area contributed by atoms with Gasteiger partial charge in [0.15, 0.2) is 0 Å². The number of hydrogen-bond donors (Lipinski definition) is 0. The number of rotatable bonds is 1. The highest BCUT2D eigenvalue weighted by Gasteiger charge is 2.12. The summed E-state index contributed by atoms with van der Waals surface area (Å²) in [4.78, 5) is 4.60. The fourth-order valence-electron chi connectivity index (χ4n) is 1.96. The minimum Gasteiger partial charge on any atom is -0.252 e. The molecule has 84 valence electrons. The number of aromatic nitrogens is 1. The first-order valence-corrected chi connectivity index (χ1v) is 6.05. The molecule has 2 aromatic rings. The Morgan fingerprint density at radius 2 is 1.88 bits per heavy atom. The molecule has 1 aromatic carbocycles. The van der Waals surface area contributed by atoms with Crippen molar-refractivity contribution in [1.82, 2.24) is 4.98 Å². The number of halogens is 2. The Hall–Kier alpha value is -0.790. The summed E-state index contributed by atoms with van der Waals surface area (Å²) in [5.41, 5.74) is 4.01. The van der Waals surface area contributed by atoms with E-state index in [0.29, 0.717) is 0 Å². The summed E-state index contributed by atoms with van der Waals surface area (Å²) in [7, 11) is 0. The molecule has 0 saturated heterocycles. The lowest BCUT2D eigenvalue weighted by Crippen LogP contribution is -1.96. The van der Waals surface area contributed by atoms with Crippen molar-refractivity contribution >= 4 is 34.1 Å². The van der Waals surface area contributed by atoms with Gasteiger partial charge in [-0.3, -0.25) is 4.98 Å². The van der Waals surface area contributed by atoms with E-state index in [1.165, 1.54) is 0 Å². The van der Waals surface area contributed by atoms with Crippen molar-refractivity contribution in [3.8, 4) is 0 Å². The second kappa shape index (κ2) is 4.23. The van der Waals surface area contributed by atoms with Crippen molar-refractivity contribution < 1.29 is 0 Å². The van der Waals surface area contributed by atoms with Crippen LogP contribution >= 0.6 is 23.2 Å². The van der Waals surface area contributed by atoms with Crippen LogP contribution in [-0.2, 0) is 6.42 Å². The fraction of sp³-hybridized carbons (Fsp3) is 0.308. The zero-order valence-electron chi connectivity index (χ0n) is 9.56. The van der Waals surface area contributed by atoms with E-state index in [4.69, 9.17) is 23.2 Å². The Morgan fingerprint density at radius 3 is 2.50 bits per heavy atom. The van der Waals surface area contributed by atoms with E-state index >= 15 is 0 Å². The Labute approximate surface area is 105 Å². The predicted molar refractivity (Wildman–Crippen MR) is 70.6 cm³/mol. The average molecular weight is 254 g/mol. The lowest BCUT2D eigenvalue weighted by molar-refractivity contribution is 1.07. The third-order valence-corrected chi connectivity index (χ3v) is 3.78. The van der Waals surface area contributed by atoms with Crippen LogP contribution in [0.3, 0.4) is 0 Å². The van der Waals surface area contributed by atoms with Gasteiger partial charge in [0.1, 0.15) is 0 Å². The maximum absolute atomic E-state index is 6.39. The van der Waals surface area contributed by atoms with Crippen LogP contribution in [0.25, 0.3) is 10.9 Å². The summed E-state index contributed by atoms with van der Waals surface area (Å²) in [5.74, 6) is 0. The molecule has 0 bridgehead atoms. The number of benzene rings is 1. The summed E-state index contributed by atoms with van der Waals surface area (Å²) in [6, 6.07) is 3.82. The summed E-state index contributed by atoms with van der Waals surface area (Å²) in [6.45, 7) is 6.05. The topological polar surface area (TPSA) is 12.9 Å². The Balaban J connectivity index is 2.92. The first-order valence-electron chi connectivity index (χ1n) is 5.30. The molecule has 0 N–H and O–H groups in total. The monoisotopic (exact) mass is 253 g/mol. The van der Waals surface area contributed by atoms with Gasteiger partial charge in [-0.1, -0.05) is 30.1 Å². The number of fused-ring (bicyclic) bond motifs is 1. The Kier molecular flexibility index (Phi) is 3.09. The van der Waals surface area contributed by atoms with E-state index in [2.05, 4.69) is 11.9 Å². The van der Waals surface area contributed by atoms with Gasteiger partial charge in [-0.25, -0.2) is 0 Å². The van der Waals surface area contributed by atoms with Crippen molar-refractivity contribution in [2.45, 2.75) is 27.2 Å². The fourth-order valence-corrected chi connectivity index (χ4v) is 2.54. The molecule has 0 unspecified atom stereocenters. The van der Waals surface area contributed by atoms with E-state index < -0.39 is 0 Å². The second-order valence-electron chi connectivity index (χ2n) is 3.91. The van der Waals surface area contributed by atoms with Crippen LogP contribution in [0.15, 0.2) is 12.1 Å². The summed E-state index contributed by atoms with van der Waals surface area (Å²) < 4.78 is 0. The number of pyridine rings is 1. The molecule has 2 rings (SSSR count). The van der Waals surface area contributed by atoms with Crippen LogP contribution in [0.1, 0.15) is 23.7 Å². The van der Waals surface area contributed by atoms with Gasteiger partial charge in [0, 0.05) is 16.1 Å². The molecular formula is C13H13Cl2N. The van der Waals surface area contributed by atoms with Gasteiger partial charge in [-0.15, -0.1) is 0 Å². The molecule has 16 heavy (non-hydrogen) atoms. The third kappa shape index (κ3) is 1.68. The van der Waals surface area contributed by atoms with Crippen molar-refractivity contribution in [3.05, 3.63) is 39.0 Å². The number of aryl methyl sites for hydroxylation is 2. The maximum Gasteiger partial charge on any atom is 0.0764 e. The Bertz CT molecular complexity index is 562. The van der Waals surface area contributed by atoms with E-state index in [1.54, 1.807) is 0 Å². The smallest absolute Gasteiger partial charge is 0.0764 e. The van der Waals surface area contributed by atoms with Gasteiger partial charge in [0.05, 0.1) is 10.5 Å². The maximum atomic E-state index is 6.39. The molecule has 0 atom stereocenters. The van der Waals surface area contributed by atoms with Gasteiger partial charge >= 0.3 is 0 Å². The predicted octanol–water partition coefficient (Wildman–Crippen LogP) is 4.72. The van der Waals surface area contributed by atoms with Gasteiger partial charge in [0.2, 0.25) is 0 Å². The largest absolute Gasteiger partial charge is 0.252 e. The van der Waals surface area contributed by atoms with E-state index in [1.807, 2.05) is 26.0 Å². The quantitative estimate of drug-likeness (QED) is 0.717. The number of nitrogens with zero attached hydrogens (tertiary/aromatic N) is 1. The summed E-state index contributed by atoms with van der Waals surface area (Å²) in [6.07, 6.45) is 0.898. The van der Waals surface area contributed by atoms with Crippen molar-refractivity contribution in [1.29, 1.82) is 0 Å². The number of hydrogen-bond acceptors (Lipinski definition) is 1. The molecule has 1 aromatic heterocycles. The average Bonchev–Trinajstić information content (AvgIpc) is 2.25. The van der Waals surface area contributed by atoms with Crippen LogP contribution < -0.4 is 0 Å². The molecule has 0 amide bonds. The van der Waals surface area contributed by atoms with Gasteiger partial charge < -0.3 is 0 Å². The van der Waals surface area contributed by atoms with Crippen molar-refractivity contribution in [2.75, 3.05) is 0 Å². The van der Waals surface area contributed by atoms with Crippen molar-refractivity contribution in [3.63, 3.8) is 0 Å². The molecule has 0 saturated carbocycles. The second-order valence-corrected chi connectivity index (χ2v) is 4.70. The van der Waals surface area contributed by atoms with Crippen LogP contribution in [0.4, 0.5) is 0 Å². The minimum atomic E-state index is 0.736. The Morgan fingerprint density at radius 1 is 1.19 bits per heavy atom. The zero-order chi connectivity index (χ0) is 11.9. The van der Waals surface area contributed by atoms with E-state index in [-0.39, 0.29) is 0 Å². The lowest BCUT2D eigenvalue weighted by atomic mass is 10.0. The molecular weight excluding hydrogens is 241 g/mol. The molecule has 1 heterocycles.